The van der Waals surface area contributed by atoms with Gasteiger partial charge in [-0.15, -0.1) is 0 Å². The summed E-state index contributed by atoms with van der Waals surface area (Å²) in [5.41, 5.74) is 7.92. The van der Waals surface area contributed by atoms with Crippen molar-refractivity contribution in [2.45, 2.75) is 13.0 Å². The predicted molar refractivity (Wildman–Crippen MR) is 73.9 cm³/mol. The zero-order valence-corrected chi connectivity index (χ0v) is 11.6. The summed E-state index contributed by atoms with van der Waals surface area (Å²) in [6, 6.07) is 5.71. The van der Waals surface area contributed by atoms with Gasteiger partial charge in [-0.2, -0.15) is 0 Å². The number of rotatable bonds is 2. The van der Waals surface area contributed by atoms with Crippen LogP contribution in [0.3, 0.4) is 0 Å². The van der Waals surface area contributed by atoms with E-state index in [1.807, 2.05) is 29.7 Å². The molecule has 1 aromatic heterocycles. The highest BCUT2D eigenvalue weighted by Crippen LogP contribution is 2.24. The van der Waals surface area contributed by atoms with E-state index in [1.54, 1.807) is 12.5 Å². The molecule has 1 atom stereocenters. The fourth-order valence-corrected chi connectivity index (χ4v) is 2.65. The number of hydrogen-bond donors (Lipinski definition) is 1. The molecule has 2 N–H and O–H groups in total. The molecule has 84 valence electrons. The van der Waals surface area contributed by atoms with Crippen molar-refractivity contribution < 1.29 is 0 Å². The van der Waals surface area contributed by atoms with Gasteiger partial charge < -0.3 is 10.3 Å². The van der Waals surface area contributed by atoms with Crippen LogP contribution in [-0.2, 0) is 0 Å². The summed E-state index contributed by atoms with van der Waals surface area (Å²) in [6.45, 7) is 1.94. The Labute approximate surface area is 113 Å². The maximum absolute atomic E-state index is 5.93. The highest BCUT2D eigenvalue weighted by molar-refractivity contribution is 14.1. The minimum atomic E-state index is -0.0472. The topological polar surface area (TPSA) is 43.8 Å². The zero-order chi connectivity index (χ0) is 11.7. The molecule has 0 unspecified atom stereocenters. The van der Waals surface area contributed by atoms with Crippen LogP contribution in [0.2, 0.25) is 5.02 Å². The van der Waals surface area contributed by atoms with Gasteiger partial charge in [0.2, 0.25) is 0 Å². The summed E-state index contributed by atoms with van der Waals surface area (Å²) in [6.07, 6.45) is 3.56. The third kappa shape index (κ3) is 2.23. The number of aromatic nitrogens is 2. The van der Waals surface area contributed by atoms with Gasteiger partial charge in [-0.25, -0.2) is 4.98 Å². The van der Waals surface area contributed by atoms with Gasteiger partial charge in [-0.3, -0.25) is 0 Å². The van der Waals surface area contributed by atoms with Crippen molar-refractivity contribution in [3.63, 3.8) is 0 Å². The molecule has 3 nitrogen and oxygen atoms in total. The summed E-state index contributed by atoms with van der Waals surface area (Å²) in [5, 5.41) is 0.732. The standard InChI is InChI=1S/C11H11ClIN3/c1-7(14)11-5-15-6-16(11)10-3-2-8(12)4-9(10)13/h2-7H,14H2,1H3/t7-/m1/s1. The molecule has 0 aliphatic heterocycles. The van der Waals surface area contributed by atoms with Crippen molar-refractivity contribution in [2.24, 2.45) is 5.73 Å². The minimum Gasteiger partial charge on any atom is -0.323 e. The molecule has 0 saturated carbocycles. The summed E-state index contributed by atoms with van der Waals surface area (Å²) in [4.78, 5) is 4.13. The largest absolute Gasteiger partial charge is 0.323 e. The number of hydrogen-bond acceptors (Lipinski definition) is 2. The molecule has 0 bridgehead atoms. The average Bonchev–Trinajstić information content (AvgIpc) is 2.66. The molecule has 0 radical (unpaired) electrons. The lowest BCUT2D eigenvalue weighted by molar-refractivity contribution is 0.751. The maximum atomic E-state index is 5.93. The first kappa shape index (κ1) is 11.9. The Hall–Kier alpha value is -0.590. The monoisotopic (exact) mass is 347 g/mol. The first-order chi connectivity index (χ1) is 7.59. The Morgan fingerprint density at radius 3 is 2.88 bits per heavy atom. The summed E-state index contributed by atoms with van der Waals surface area (Å²) >= 11 is 8.18. The van der Waals surface area contributed by atoms with Crippen LogP contribution in [0.25, 0.3) is 5.69 Å². The fraction of sp³-hybridized carbons (Fsp3) is 0.182. The molecule has 0 amide bonds. The van der Waals surface area contributed by atoms with E-state index in [-0.39, 0.29) is 6.04 Å². The van der Waals surface area contributed by atoms with Crippen LogP contribution in [0.15, 0.2) is 30.7 Å². The van der Waals surface area contributed by atoms with E-state index in [1.165, 1.54) is 0 Å². The molecule has 0 aliphatic rings. The highest BCUT2D eigenvalue weighted by atomic mass is 127. The van der Waals surface area contributed by atoms with Crippen molar-refractivity contribution in [1.29, 1.82) is 0 Å². The van der Waals surface area contributed by atoms with Gasteiger partial charge in [0.15, 0.2) is 0 Å². The van der Waals surface area contributed by atoms with Crippen LogP contribution in [0.5, 0.6) is 0 Å². The molecule has 1 heterocycles. The second kappa shape index (κ2) is 4.73. The lowest BCUT2D eigenvalue weighted by Gasteiger charge is -2.12. The molecule has 0 aliphatic carbocycles. The highest BCUT2D eigenvalue weighted by Gasteiger charge is 2.10. The van der Waals surface area contributed by atoms with E-state index in [0.717, 1.165) is 20.0 Å². The second-order valence-electron chi connectivity index (χ2n) is 3.57. The van der Waals surface area contributed by atoms with E-state index >= 15 is 0 Å². The van der Waals surface area contributed by atoms with E-state index in [2.05, 4.69) is 27.6 Å². The first-order valence-electron chi connectivity index (χ1n) is 4.83. The minimum absolute atomic E-state index is 0.0472. The van der Waals surface area contributed by atoms with Crippen LogP contribution in [-0.4, -0.2) is 9.55 Å². The summed E-state index contributed by atoms with van der Waals surface area (Å²) in [5.74, 6) is 0. The van der Waals surface area contributed by atoms with Crippen molar-refractivity contribution in [3.05, 3.63) is 45.0 Å². The van der Waals surface area contributed by atoms with Crippen molar-refractivity contribution in [2.75, 3.05) is 0 Å². The number of halogens is 2. The molecule has 2 rings (SSSR count). The molecular formula is C11H11ClIN3. The van der Waals surface area contributed by atoms with Gasteiger partial charge >= 0.3 is 0 Å². The first-order valence-corrected chi connectivity index (χ1v) is 6.28. The van der Waals surface area contributed by atoms with Crippen LogP contribution >= 0.6 is 34.2 Å². The number of nitrogens with zero attached hydrogens (tertiary/aromatic N) is 2. The lowest BCUT2D eigenvalue weighted by atomic mass is 10.2. The summed E-state index contributed by atoms with van der Waals surface area (Å²) < 4.78 is 3.06. The van der Waals surface area contributed by atoms with Gasteiger partial charge in [-0.1, -0.05) is 11.6 Å². The molecular weight excluding hydrogens is 336 g/mol. The van der Waals surface area contributed by atoms with E-state index in [4.69, 9.17) is 17.3 Å². The van der Waals surface area contributed by atoms with Gasteiger partial charge in [0, 0.05) is 14.6 Å². The Kier molecular flexibility index (Phi) is 3.51. The van der Waals surface area contributed by atoms with Gasteiger partial charge in [0.1, 0.15) is 0 Å². The van der Waals surface area contributed by atoms with Crippen LogP contribution in [0.4, 0.5) is 0 Å². The molecule has 0 spiro atoms. The van der Waals surface area contributed by atoms with Crippen LogP contribution in [0, 0.1) is 3.57 Å². The van der Waals surface area contributed by atoms with Crippen molar-refractivity contribution >= 4 is 34.2 Å². The quantitative estimate of drug-likeness (QED) is 0.848. The molecule has 2 aromatic rings. The van der Waals surface area contributed by atoms with Gasteiger partial charge in [-0.05, 0) is 47.7 Å². The molecule has 1 aromatic carbocycles. The Morgan fingerprint density at radius 2 is 2.25 bits per heavy atom. The van der Waals surface area contributed by atoms with Gasteiger partial charge in [0.05, 0.1) is 23.9 Å². The number of nitrogens with two attached hydrogens (primary N) is 1. The van der Waals surface area contributed by atoms with Crippen molar-refractivity contribution in [3.8, 4) is 5.69 Å². The zero-order valence-electron chi connectivity index (χ0n) is 8.69. The predicted octanol–water partition coefficient (Wildman–Crippen LogP) is 3.15. The van der Waals surface area contributed by atoms with E-state index in [9.17, 15) is 0 Å². The van der Waals surface area contributed by atoms with E-state index in [0.29, 0.717) is 0 Å². The normalized spacial score (nSPS) is 12.8. The van der Waals surface area contributed by atoms with Crippen molar-refractivity contribution in [1.82, 2.24) is 9.55 Å². The fourth-order valence-electron chi connectivity index (χ4n) is 1.52. The van der Waals surface area contributed by atoms with Crippen LogP contribution in [0.1, 0.15) is 18.7 Å². The van der Waals surface area contributed by atoms with E-state index < -0.39 is 0 Å². The Morgan fingerprint density at radius 1 is 1.50 bits per heavy atom. The Balaban J connectivity index is 2.54. The molecule has 16 heavy (non-hydrogen) atoms. The Bertz CT molecular complexity index is 508. The molecule has 5 heteroatoms. The number of imidazole rings is 1. The SMILES string of the molecule is C[C@@H](N)c1cncn1-c1ccc(Cl)cc1I. The third-order valence-corrected chi connectivity index (χ3v) is 3.40. The average molecular weight is 348 g/mol. The maximum Gasteiger partial charge on any atom is 0.0995 e. The van der Waals surface area contributed by atoms with Crippen LogP contribution < -0.4 is 5.73 Å². The summed E-state index contributed by atoms with van der Waals surface area (Å²) in [7, 11) is 0. The number of benzene rings is 1. The second-order valence-corrected chi connectivity index (χ2v) is 5.17. The third-order valence-electron chi connectivity index (χ3n) is 2.30. The lowest BCUT2D eigenvalue weighted by Crippen LogP contribution is -2.11. The molecule has 0 fully saturated rings. The smallest absolute Gasteiger partial charge is 0.0995 e. The molecule has 0 saturated heterocycles. The van der Waals surface area contributed by atoms with Gasteiger partial charge in [0.25, 0.3) is 0 Å².